The van der Waals surface area contributed by atoms with Crippen molar-refractivity contribution in [2.24, 2.45) is 7.05 Å². The Morgan fingerprint density at radius 2 is 1.76 bits per heavy atom. The molecule has 0 saturated carbocycles. The van der Waals surface area contributed by atoms with Gasteiger partial charge in [-0.1, -0.05) is 12.1 Å². The van der Waals surface area contributed by atoms with Crippen LogP contribution in [0.15, 0.2) is 30.3 Å². The van der Waals surface area contributed by atoms with Gasteiger partial charge in [-0.15, -0.1) is 0 Å². The van der Waals surface area contributed by atoms with Crippen molar-refractivity contribution in [1.29, 1.82) is 0 Å². The van der Waals surface area contributed by atoms with Gasteiger partial charge in [0, 0.05) is 12.1 Å². The first-order chi connectivity index (χ1) is 8.27. The van der Waals surface area contributed by atoms with Gasteiger partial charge in [0.15, 0.2) is 0 Å². The number of pyridine rings is 1. The molecule has 0 aliphatic heterocycles. The third-order valence-corrected chi connectivity index (χ3v) is 2.68. The van der Waals surface area contributed by atoms with Crippen molar-refractivity contribution in [3.05, 3.63) is 30.3 Å². The maximum Gasteiger partial charge on any atom is 0.411 e. The smallest absolute Gasteiger partial charge is 0.411 e. The summed E-state index contributed by atoms with van der Waals surface area (Å²) in [5.41, 5.74) is 1.14. The predicted octanol–water partition coefficient (Wildman–Crippen LogP) is 2.46. The number of nitrogens with zero attached hydrogens (tertiary/aromatic N) is 1. The minimum atomic E-state index is 0.631. The Kier molecular flexibility index (Phi) is 3.47. The maximum absolute atomic E-state index is 5.67. The molecule has 0 aliphatic rings. The molecule has 0 radical (unpaired) electrons. The number of hydrogen-bond acceptors (Lipinski definition) is 2. The fourth-order valence-electron chi connectivity index (χ4n) is 1.96. The van der Waals surface area contributed by atoms with Crippen molar-refractivity contribution >= 4 is 10.9 Å². The highest BCUT2D eigenvalue weighted by atomic mass is 16.5. The molecule has 1 aromatic carbocycles. The second-order valence-corrected chi connectivity index (χ2v) is 3.80. The Hall–Kier alpha value is -1.77. The highest BCUT2D eigenvalue weighted by Crippen LogP contribution is 2.27. The minimum Gasteiger partial charge on any atom is -0.485 e. The molecular weight excluding hydrogens is 214 g/mol. The van der Waals surface area contributed by atoms with Crippen LogP contribution in [-0.4, -0.2) is 13.2 Å². The van der Waals surface area contributed by atoms with Crippen molar-refractivity contribution in [3.63, 3.8) is 0 Å². The SMILES string of the molecule is CCOc1cc2ccccc2[n+](C)c1OCC. The number of ether oxygens (including phenoxy) is 2. The Morgan fingerprint density at radius 1 is 1.06 bits per heavy atom. The maximum atomic E-state index is 5.67. The van der Waals surface area contributed by atoms with Crippen molar-refractivity contribution in [2.75, 3.05) is 13.2 Å². The molecule has 3 nitrogen and oxygen atoms in total. The van der Waals surface area contributed by atoms with E-state index in [0.29, 0.717) is 13.2 Å². The average molecular weight is 232 g/mol. The van der Waals surface area contributed by atoms with Crippen molar-refractivity contribution in [2.45, 2.75) is 13.8 Å². The molecule has 0 fully saturated rings. The largest absolute Gasteiger partial charge is 0.485 e. The zero-order chi connectivity index (χ0) is 12.3. The lowest BCUT2D eigenvalue weighted by molar-refractivity contribution is -0.651. The number of rotatable bonds is 4. The Bertz CT molecular complexity index is 523. The standard InChI is InChI=1S/C14H18NO2/c1-4-16-13-10-11-8-6-7-9-12(11)15(3)14(13)17-5-2/h6-10H,4-5H2,1-3H3/q+1. The topological polar surface area (TPSA) is 22.3 Å². The molecule has 0 saturated heterocycles. The van der Waals surface area contributed by atoms with Crippen LogP contribution < -0.4 is 14.0 Å². The van der Waals surface area contributed by atoms with Crippen molar-refractivity contribution < 1.29 is 14.0 Å². The first-order valence-corrected chi connectivity index (χ1v) is 5.95. The highest BCUT2D eigenvalue weighted by molar-refractivity contribution is 5.77. The van der Waals surface area contributed by atoms with Crippen LogP contribution in [0.25, 0.3) is 10.9 Å². The van der Waals surface area contributed by atoms with E-state index in [2.05, 4.69) is 12.1 Å². The van der Waals surface area contributed by atoms with Crippen molar-refractivity contribution in [3.8, 4) is 11.6 Å². The molecule has 0 bridgehead atoms. The molecule has 0 amide bonds. The Morgan fingerprint density at radius 3 is 2.47 bits per heavy atom. The number of para-hydroxylation sites is 1. The zero-order valence-electron chi connectivity index (χ0n) is 10.6. The van der Waals surface area contributed by atoms with Gasteiger partial charge in [-0.3, -0.25) is 0 Å². The monoisotopic (exact) mass is 232 g/mol. The number of fused-ring (bicyclic) bond motifs is 1. The molecule has 2 rings (SSSR count). The highest BCUT2D eigenvalue weighted by Gasteiger charge is 2.20. The second-order valence-electron chi connectivity index (χ2n) is 3.80. The molecule has 0 aliphatic carbocycles. The van der Waals surface area contributed by atoms with Crippen LogP contribution in [-0.2, 0) is 7.05 Å². The second kappa shape index (κ2) is 5.04. The van der Waals surface area contributed by atoms with Gasteiger partial charge in [-0.05, 0) is 19.9 Å². The average Bonchev–Trinajstić information content (AvgIpc) is 2.34. The third kappa shape index (κ3) is 2.18. The molecule has 1 heterocycles. The summed E-state index contributed by atoms with van der Waals surface area (Å²) in [6.45, 7) is 5.22. The van der Waals surface area contributed by atoms with E-state index in [1.807, 2.05) is 43.7 Å². The Balaban J connectivity index is 2.65. The van der Waals surface area contributed by atoms with Gasteiger partial charge in [0.2, 0.25) is 11.3 Å². The third-order valence-electron chi connectivity index (χ3n) is 2.68. The minimum absolute atomic E-state index is 0.631. The quantitative estimate of drug-likeness (QED) is 0.756. The van der Waals surface area contributed by atoms with Crippen LogP contribution in [0.3, 0.4) is 0 Å². The number of aryl methyl sites for hydroxylation is 1. The van der Waals surface area contributed by atoms with Gasteiger partial charge >= 0.3 is 5.88 Å². The van der Waals surface area contributed by atoms with Gasteiger partial charge in [0.05, 0.1) is 18.6 Å². The lowest BCUT2D eigenvalue weighted by atomic mass is 10.2. The summed E-state index contributed by atoms with van der Waals surface area (Å²) in [4.78, 5) is 0. The van der Waals surface area contributed by atoms with E-state index in [0.717, 1.165) is 22.5 Å². The van der Waals surface area contributed by atoms with Crippen LogP contribution in [0.4, 0.5) is 0 Å². The molecule has 0 N–H and O–H groups in total. The molecule has 17 heavy (non-hydrogen) atoms. The molecule has 1 aromatic heterocycles. The molecule has 0 atom stereocenters. The van der Waals surface area contributed by atoms with Crippen LogP contribution in [0.1, 0.15) is 13.8 Å². The van der Waals surface area contributed by atoms with Gasteiger partial charge in [-0.25, -0.2) is 0 Å². The lowest BCUT2D eigenvalue weighted by Gasteiger charge is -2.09. The molecule has 0 spiro atoms. The summed E-state index contributed by atoms with van der Waals surface area (Å²) in [5.74, 6) is 1.59. The fourth-order valence-corrected chi connectivity index (χ4v) is 1.96. The van der Waals surface area contributed by atoms with Crippen molar-refractivity contribution in [1.82, 2.24) is 0 Å². The molecule has 0 unspecified atom stereocenters. The van der Waals surface area contributed by atoms with Gasteiger partial charge in [0.1, 0.15) is 7.05 Å². The van der Waals surface area contributed by atoms with Crippen LogP contribution in [0.5, 0.6) is 11.6 Å². The van der Waals surface area contributed by atoms with Gasteiger partial charge < -0.3 is 9.47 Å². The van der Waals surface area contributed by atoms with E-state index < -0.39 is 0 Å². The van der Waals surface area contributed by atoms with E-state index in [1.54, 1.807) is 0 Å². The van der Waals surface area contributed by atoms with E-state index in [-0.39, 0.29) is 0 Å². The number of benzene rings is 1. The summed E-state index contributed by atoms with van der Waals surface area (Å²) >= 11 is 0. The number of hydrogen-bond donors (Lipinski definition) is 0. The van der Waals surface area contributed by atoms with Gasteiger partial charge in [-0.2, -0.15) is 4.57 Å². The number of aromatic nitrogens is 1. The van der Waals surface area contributed by atoms with Crippen LogP contribution >= 0.6 is 0 Å². The van der Waals surface area contributed by atoms with Crippen LogP contribution in [0.2, 0.25) is 0 Å². The van der Waals surface area contributed by atoms with Gasteiger partial charge in [0.25, 0.3) is 0 Å². The van der Waals surface area contributed by atoms with E-state index in [1.165, 1.54) is 0 Å². The lowest BCUT2D eigenvalue weighted by Crippen LogP contribution is -2.32. The molecule has 90 valence electrons. The summed E-state index contributed by atoms with van der Waals surface area (Å²) < 4.78 is 13.3. The predicted molar refractivity (Wildman–Crippen MR) is 67.5 cm³/mol. The first-order valence-electron chi connectivity index (χ1n) is 5.95. The van der Waals surface area contributed by atoms with E-state index in [9.17, 15) is 0 Å². The summed E-state index contributed by atoms with van der Waals surface area (Å²) in [6.07, 6.45) is 0. The summed E-state index contributed by atoms with van der Waals surface area (Å²) in [7, 11) is 2.00. The molecule has 2 aromatic rings. The van der Waals surface area contributed by atoms with E-state index >= 15 is 0 Å². The summed E-state index contributed by atoms with van der Waals surface area (Å²) in [6, 6.07) is 10.2. The van der Waals surface area contributed by atoms with E-state index in [4.69, 9.17) is 9.47 Å². The van der Waals surface area contributed by atoms with Crippen LogP contribution in [0, 0.1) is 0 Å². The Labute approximate surface area is 102 Å². The fraction of sp³-hybridized carbons (Fsp3) is 0.357. The molecule has 3 heteroatoms. The molecular formula is C14H18NO2+. The zero-order valence-corrected chi connectivity index (χ0v) is 10.6. The summed E-state index contributed by atoms with van der Waals surface area (Å²) in [5, 5.41) is 1.15. The first kappa shape index (κ1) is 11.7. The normalized spacial score (nSPS) is 10.5.